The van der Waals surface area contributed by atoms with Gasteiger partial charge in [0.15, 0.2) is 0 Å². The first-order chi connectivity index (χ1) is 14.2. The molecule has 4 rings (SSSR count). The number of nitrogens with zero attached hydrogens (tertiary/aromatic N) is 2. The fourth-order valence-electron chi connectivity index (χ4n) is 3.71. The van der Waals surface area contributed by atoms with Crippen LogP contribution in [0.3, 0.4) is 0 Å². The summed E-state index contributed by atoms with van der Waals surface area (Å²) in [6, 6.07) is 7.03. The monoisotopic (exact) mass is 435 g/mol. The van der Waals surface area contributed by atoms with Gasteiger partial charge in [-0.2, -0.15) is 13.2 Å². The van der Waals surface area contributed by atoms with Crippen molar-refractivity contribution < 1.29 is 22.4 Å². The van der Waals surface area contributed by atoms with Gasteiger partial charge in [-0.15, -0.1) is 0 Å². The van der Waals surface area contributed by atoms with Crippen LogP contribution in [0.2, 0.25) is 0 Å². The molecule has 1 aliphatic heterocycles. The number of fused-ring (bicyclic) bond motifs is 1. The topological polar surface area (TPSA) is 92.9 Å². The highest BCUT2D eigenvalue weighted by Gasteiger charge is 2.32. The smallest absolute Gasteiger partial charge is 0.366 e. The highest BCUT2D eigenvalue weighted by Crippen LogP contribution is 2.33. The average Bonchev–Trinajstić information content (AvgIpc) is 3.15. The molecular weight excluding hydrogens is 414 g/mol. The van der Waals surface area contributed by atoms with Gasteiger partial charge in [-0.25, -0.2) is 14.4 Å². The molecule has 10 heteroatoms. The molecule has 1 amide bonds. The van der Waals surface area contributed by atoms with Crippen molar-refractivity contribution in [2.45, 2.75) is 25.6 Å². The number of nitrogens with two attached hydrogens (primary N) is 1. The second-order valence-corrected chi connectivity index (χ2v) is 7.07. The van der Waals surface area contributed by atoms with Gasteiger partial charge in [-0.3, -0.25) is 4.79 Å². The zero-order valence-electron chi connectivity index (χ0n) is 15.5. The number of primary amides is 1. The summed E-state index contributed by atoms with van der Waals surface area (Å²) >= 11 is 0. The van der Waals surface area contributed by atoms with Crippen molar-refractivity contribution in [3.8, 4) is 0 Å². The predicted molar refractivity (Wildman–Crippen MR) is 109 cm³/mol. The number of hydrogen-bond acceptors (Lipinski definition) is 5. The van der Waals surface area contributed by atoms with Crippen molar-refractivity contribution >= 4 is 22.6 Å². The highest BCUT2D eigenvalue weighted by molar-refractivity contribution is 6.07. The number of benzene rings is 2. The lowest BCUT2D eigenvalue weighted by Crippen LogP contribution is -2.28. The number of rotatable bonds is 4. The molecule has 1 aliphatic rings. The maximum Gasteiger partial charge on any atom is 0.416 e. The van der Waals surface area contributed by atoms with E-state index >= 15 is 0 Å². The van der Waals surface area contributed by atoms with E-state index in [2.05, 4.69) is 20.6 Å². The fourth-order valence-corrected chi connectivity index (χ4v) is 3.71. The van der Waals surface area contributed by atoms with E-state index in [1.54, 1.807) is 0 Å². The Hall–Kier alpha value is -3.27. The molecule has 0 spiro atoms. The van der Waals surface area contributed by atoms with Crippen LogP contribution in [0.25, 0.3) is 10.9 Å². The third kappa shape index (κ3) is 4.43. The molecule has 0 saturated carbocycles. The van der Waals surface area contributed by atoms with E-state index in [1.807, 2.05) is 0 Å². The minimum Gasteiger partial charge on any atom is -0.366 e. The van der Waals surface area contributed by atoms with E-state index in [-0.39, 0.29) is 30.5 Å². The van der Waals surface area contributed by atoms with E-state index in [0.29, 0.717) is 24.3 Å². The summed E-state index contributed by atoms with van der Waals surface area (Å²) in [6.45, 7) is 1.07. The van der Waals surface area contributed by atoms with Gasteiger partial charge in [-0.05, 0) is 29.8 Å². The summed E-state index contributed by atoms with van der Waals surface area (Å²) in [4.78, 5) is 19.9. The number of carbonyl (C=O) groups is 1. The number of hydrogen-bond donors (Lipinski definition) is 3. The Bertz CT molecular complexity index is 1100. The van der Waals surface area contributed by atoms with Crippen LogP contribution in [-0.2, 0) is 6.18 Å². The highest BCUT2D eigenvalue weighted by atomic mass is 19.4. The molecule has 31 heavy (non-hydrogen) atoms. The molecule has 2 aromatic carbocycles. The minimum atomic E-state index is -4.40. The fraction of sp³-hybridized carbons (Fsp3) is 0.286. The molecule has 4 N–H and O–H groups in total. The van der Waals surface area contributed by atoms with E-state index in [9.17, 15) is 22.4 Å². The SMILES string of the molecule is C.NC(=O)c1cc(F)cc2c(N[C@H]3CNC[C@@H]3c3ccc(C(F)(F)F)cc3)ncnc12. The molecule has 2 heterocycles. The molecule has 164 valence electrons. The third-order valence-corrected chi connectivity index (χ3v) is 5.17. The zero-order valence-corrected chi connectivity index (χ0v) is 15.5. The van der Waals surface area contributed by atoms with Crippen LogP contribution in [-0.4, -0.2) is 35.0 Å². The zero-order chi connectivity index (χ0) is 21.5. The third-order valence-electron chi connectivity index (χ3n) is 5.17. The molecule has 0 radical (unpaired) electrons. The summed E-state index contributed by atoms with van der Waals surface area (Å²) in [5.74, 6) is -1.29. The molecule has 1 fully saturated rings. The molecule has 1 saturated heterocycles. The van der Waals surface area contributed by atoms with Gasteiger partial charge in [0.05, 0.1) is 16.6 Å². The van der Waals surface area contributed by atoms with Crippen molar-refractivity contribution in [1.29, 1.82) is 0 Å². The lowest BCUT2D eigenvalue weighted by atomic mass is 9.93. The summed E-state index contributed by atoms with van der Waals surface area (Å²) in [5, 5.41) is 6.71. The number of aromatic nitrogens is 2. The number of halogens is 4. The van der Waals surface area contributed by atoms with Crippen LogP contribution >= 0.6 is 0 Å². The summed E-state index contributed by atoms with van der Waals surface area (Å²) in [7, 11) is 0. The second kappa shape index (κ2) is 8.46. The van der Waals surface area contributed by atoms with Gasteiger partial charge in [-0.1, -0.05) is 19.6 Å². The standard InChI is InChI=1S/C20H17F4N5O.CH4/c21-12-5-13(18(25)30)17-14(6-12)19(28-9-27-17)29-16-8-26-7-15(16)10-1-3-11(4-2-10)20(22,23)24;/h1-6,9,15-16,26H,7-8H2,(H2,25,30)(H,27,28,29);1H4/t15-,16+;/m1./s1. The van der Waals surface area contributed by atoms with Crippen LogP contribution in [0.1, 0.15) is 34.8 Å². The molecule has 0 aliphatic carbocycles. The second-order valence-electron chi connectivity index (χ2n) is 7.07. The Labute approximate surface area is 175 Å². The summed E-state index contributed by atoms with van der Waals surface area (Å²) in [6.07, 6.45) is -3.16. The average molecular weight is 435 g/mol. The Morgan fingerprint density at radius 1 is 1.13 bits per heavy atom. The molecule has 0 bridgehead atoms. The van der Waals surface area contributed by atoms with E-state index in [4.69, 9.17) is 5.73 Å². The van der Waals surface area contributed by atoms with Crippen molar-refractivity contribution in [3.05, 3.63) is 65.2 Å². The van der Waals surface area contributed by atoms with E-state index in [0.717, 1.165) is 23.8 Å². The van der Waals surface area contributed by atoms with Gasteiger partial charge in [0.1, 0.15) is 18.0 Å². The number of carbonyl (C=O) groups excluding carboxylic acids is 1. The van der Waals surface area contributed by atoms with Crippen LogP contribution in [0.15, 0.2) is 42.7 Å². The molecule has 1 aromatic heterocycles. The first-order valence-corrected chi connectivity index (χ1v) is 9.12. The molecule has 3 aromatic rings. The lowest BCUT2D eigenvalue weighted by molar-refractivity contribution is -0.137. The first-order valence-electron chi connectivity index (χ1n) is 9.12. The normalized spacial score (nSPS) is 18.6. The van der Waals surface area contributed by atoms with Crippen molar-refractivity contribution in [2.75, 3.05) is 18.4 Å². The van der Waals surface area contributed by atoms with Crippen LogP contribution in [0, 0.1) is 5.82 Å². The van der Waals surface area contributed by atoms with E-state index < -0.39 is 23.5 Å². The largest absolute Gasteiger partial charge is 0.416 e. The van der Waals surface area contributed by atoms with Crippen LogP contribution in [0.5, 0.6) is 0 Å². The Balaban J connectivity index is 0.00000272. The van der Waals surface area contributed by atoms with E-state index in [1.165, 1.54) is 24.5 Å². The Kier molecular flexibility index (Phi) is 6.12. The maximum absolute atomic E-state index is 14.0. The van der Waals surface area contributed by atoms with Gasteiger partial charge >= 0.3 is 6.18 Å². The van der Waals surface area contributed by atoms with Gasteiger partial charge in [0.2, 0.25) is 0 Å². The number of anilines is 1. The van der Waals surface area contributed by atoms with Gasteiger partial charge < -0.3 is 16.4 Å². The Morgan fingerprint density at radius 2 is 1.84 bits per heavy atom. The summed E-state index contributed by atoms with van der Waals surface area (Å²) in [5.41, 5.74) is 5.51. The van der Waals surface area contributed by atoms with Gasteiger partial charge in [0, 0.05) is 30.4 Å². The number of nitrogens with one attached hydrogen (secondary N) is 2. The molecule has 0 unspecified atom stereocenters. The number of amides is 1. The number of alkyl halides is 3. The van der Waals surface area contributed by atoms with Crippen molar-refractivity contribution in [3.63, 3.8) is 0 Å². The molecular formula is C21H21F4N5O. The maximum atomic E-state index is 14.0. The predicted octanol–water partition coefficient (Wildman–Crippen LogP) is 3.69. The summed E-state index contributed by atoms with van der Waals surface area (Å²) < 4.78 is 52.5. The molecule has 2 atom stereocenters. The lowest BCUT2D eigenvalue weighted by Gasteiger charge is -2.22. The van der Waals surface area contributed by atoms with Crippen LogP contribution in [0.4, 0.5) is 23.4 Å². The van der Waals surface area contributed by atoms with Gasteiger partial charge in [0.25, 0.3) is 5.91 Å². The quantitative estimate of drug-likeness (QED) is 0.544. The van der Waals surface area contributed by atoms with Crippen LogP contribution < -0.4 is 16.4 Å². The van der Waals surface area contributed by atoms with Crippen molar-refractivity contribution in [1.82, 2.24) is 15.3 Å². The Morgan fingerprint density at radius 3 is 2.48 bits per heavy atom. The van der Waals surface area contributed by atoms with Crippen molar-refractivity contribution in [2.24, 2.45) is 5.73 Å². The minimum absolute atomic E-state index is 0. The first kappa shape index (κ1) is 22.4. The molecule has 6 nitrogen and oxygen atoms in total.